The predicted molar refractivity (Wildman–Crippen MR) is 136 cm³/mol. The van der Waals surface area contributed by atoms with Crippen molar-refractivity contribution in [2.75, 3.05) is 0 Å². The molecule has 1 nitrogen and oxygen atoms in total. The summed E-state index contributed by atoms with van der Waals surface area (Å²) >= 11 is 0. The molecule has 0 bridgehead atoms. The van der Waals surface area contributed by atoms with Crippen LogP contribution in [0, 0.1) is 6.92 Å². The molecule has 5 aromatic carbocycles. The minimum absolute atomic E-state index is 1.18. The van der Waals surface area contributed by atoms with Gasteiger partial charge in [0.15, 0.2) is 0 Å². The molecule has 0 radical (unpaired) electrons. The van der Waals surface area contributed by atoms with Crippen molar-refractivity contribution in [2.24, 2.45) is 0 Å². The van der Waals surface area contributed by atoms with Crippen molar-refractivity contribution in [3.63, 3.8) is 0 Å². The van der Waals surface area contributed by atoms with Crippen LogP contribution in [0.3, 0.4) is 0 Å². The predicted octanol–water partition coefficient (Wildman–Crippen LogP) is 8.43. The maximum Gasteiger partial charge on any atom is 0.0619 e. The maximum absolute atomic E-state index is 2.41. The van der Waals surface area contributed by atoms with Crippen molar-refractivity contribution < 1.29 is 0 Å². The summed E-state index contributed by atoms with van der Waals surface area (Å²) in [4.78, 5) is 0. The van der Waals surface area contributed by atoms with Crippen LogP contribution in [0.1, 0.15) is 5.56 Å². The van der Waals surface area contributed by atoms with Gasteiger partial charge in [-0.15, -0.1) is 0 Å². The molecular formula is C31H23N. The van der Waals surface area contributed by atoms with E-state index in [9.17, 15) is 0 Å². The number of hydrogen-bond donors (Lipinski definition) is 0. The first-order chi connectivity index (χ1) is 15.8. The van der Waals surface area contributed by atoms with Gasteiger partial charge < -0.3 is 4.57 Å². The van der Waals surface area contributed by atoms with Gasteiger partial charge in [-0.2, -0.15) is 0 Å². The van der Waals surface area contributed by atoms with E-state index in [2.05, 4.69) is 133 Å². The minimum atomic E-state index is 1.18. The Morgan fingerprint density at radius 3 is 1.88 bits per heavy atom. The molecule has 0 fully saturated rings. The Balaban J connectivity index is 1.71. The van der Waals surface area contributed by atoms with Crippen LogP contribution in [0.2, 0.25) is 0 Å². The molecule has 0 spiro atoms. The molecule has 0 saturated heterocycles. The summed E-state index contributed by atoms with van der Waals surface area (Å²) in [5, 5.41) is 2.57. The standard InChI is InChI=1S/C31H23N/c1-22-25(23-12-4-2-5-13-23)17-10-18-26(22)28-19-11-20-29-27-16-8-9-21-30(27)32(31(28)29)24-14-6-3-7-15-24/h2-21H,1H3. The van der Waals surface area contributed by atoms with Crippen molar-refractivity contribution >= 4 is 21.8 Å². The monoisotopic (exact) mass is 409 g/mol. The van der Waals surface area contributed by atoms with Gasteiger partial charge in [0.1, 0.15) is 0 Å². The van der Waals surface area contributed by atoms with E-state index in [0.29, 0.717) is 0 Å². The lowest BCUT2D eigenvalue weighted by atomic mass is 9.92. The first-order valence-electron chi connectivity index (χ1n) is 11.1. The Morgan fingerprint density at radius 1 is 0.469 bits per heavy atom. The van der Waals surface area contributed by atoms with Gasteiger partial charge in [0, 0.05) is 22.0 Å². The summed E-state index contributed by atoms with van der Waals surface area (Å²) in [6.45, 7) is 2.24. The van der Waals surface area contributed by atoms with Gasteiger partial charge in [-0.1, -0.05) is 103 Å². The average Bonchev–Trinajstić information content (AvgIpc) is 3.20. The molecule has 0 unspecified atom stereocenters. The van der Waals surface area contributed by atoms with Crippen LogP contribution in [0.25, 0.3) is 49.7 Å². The molecule has 0 aliphatic rings. The first kappa shape index (κ1) is 18.7. The normalized spacial score (nSPS) is 11.3. The third-order valence-electron chi connectivity index (χ3n) is 6.42. The van der Waals surface area contributed by atoms with E-state index in [4.69, 9.17) is 0 Å². The van der Waals surface area contributed by atoms with Gasteiger partial charge in [-0.25, -0.2) is 0 Å². The lowest BCUT2D eigenvalue weighted by Crippen LogP contribution is -1.96. The smallest absolute Gasteiger partial charge is 0.0619 e. The fourth-order valence-electron chi connectivity index (χ4n) is 4.94. The second-order valence-corrected chi connectivity index (χ2v) is 8.23. The van der Waals surface area contributed by atoms with E-state index in [1.54, 1.807) is 0 Å². The second-order valence-electron chi connectivity index (χ2n) is 8.23. The molecule has 0 aliphatic carbocycles. The summed E-state index contributed by atoms with van der Waals surface area (Å²) in [5.41, 5.74) is 10.0. The fraction of sp³-hybridized carbons (Fsp3) is 0.0323. The Hall–Kier alpha value is -4.10. The van der Waals surface area contributed by atoms with Gasteiger partial charge in [-0.05, 0) is 47.4 Å². The van der Waals surface area contributed by atoms with E-state index < -0.39 is 0 Å². The summed E-state index contributed by atoms with van der Waals surface area (Å²) in [7, 11) is 0. The van der Waals surface area contributed by atoms with Crippen LogP contribution in [0.15, 0.2) is 121 Å². The Morgan fingerprint density at radius 2 is 1.06 bits per heavy atom. The summed E-state index contributed by atoms with van der Waals surface area (Å²) in [5.74, 6) is 0. The zero-order valence-electron chi connectivity index (χ0n) is 18.0. The number of fused-ring (bicyclic) bond motifs is 3. The molecule has 152 valence electrons. The summed E-state index contributed by atoms with van der Waals surface area (Å²) in [6.07, 6.45) is 0. The number of para-hydroxylation sites is 3. The van der Waals surface area contributed by atoms with Gasteiger partial charge >= 0.3 is 0 Å². The topological polar surface area (TPSA) is 4.93 Å². The molecule has 1 aromatic heterocycles. The van der Waals surface area contributed by atoms with E-state index >= 15 is 0 Å². The summed E-state index contributed by atoms with van der Waals surface area (Å²) < 4.78 is 2.41. The number of hydrogen-bond acceptors (Lipinski definition) is 0. The second kappa shape index (κ2) is 7.55. The quantitative estimate of drug-likeness (QED) is 0.276. The van der Waals surface area contributed by atoms with Crippen molar-refractivity contribution in [3.8, 4) is 27.9 Å². The highest BCUT2D eigenvalue weighted by Crippen LogP contribution is 2.40. The molecular weight excluding hydrogens is 386 g/mol. The molecule has 1 heteroatoms. The summed E-state index contributed by atoms with van der Waals surface area (Å²) in [6, 6.07) is 43.4. The highest BCUT2D eigenvalue weighted by molar-refractivity contribution is 6.14. The maximum atomic E-state index is 2.41. The van der Waals surface area contributed by atoms with Crippen molar-refractivity contribution in [2.45, 2.75) is 6.92 Å². The third-order valence-corrected chi connectivity index (χ3v) is 6.42. The van der Waals surface area contributed by atoms with E-state index in [1.807, 2.05) is 0 Å². The molecule has 6 rings (SSSR count). The largest absolute Gasteiger partial charge is 0.309 e. The van der Waals surface area contributed by atoms with Crippen LogP contribution in [0.4, 0.5) is 0 Å². The van der Waals surface area contributed by atoms with E-state index in [0.717, 1.165) is 0 Å². The van der Waals surface area contributed by atoms with Crippen molar-refractivity contribution in [1.82, 2.24) is 4.57 Å². The highest BCUT2D eigenvalue weighted by atomic mass is 15.0. The molecule has 0 N–H and O–H groups in total. The van der Waals surface area contributed by atoms with Gasteiger partial charge in [-0.3, -0.25) is 0 Å². The van der Waals surface area contributed by atoms with Gasteiger partial charge in [0.05, 0.1) is 11.0 Å². The molecule has 0 aliphatic heterocycles. The highest BCUT2D eigenvalue weighted by Gasteiger charge is 2.17. The van der Waals surface area contributed by atoms with Crippen molar-refractivity contribution in [1.29, 1.82) is 0 Å². The van der Waals surface area contributed by atoms with E-state index in [1.165, 1.54) is 55.3 Å². The van der Waals surface area contributed by atoms with Gasteiger partial charge in [0.2, 0.25) is 0 Å². The van der Waals surface area contributed by atoms with Crippen LogP contribution >= 0.6 is 0 Å². The Kier molecular flexibility index (Phi) is 4.40. The lowest BCUT2D eigenvalue weighted by Gasteiger charge is -2.15. The number of rotatable bonds is 3. The van der Waals surface area contributed by atoms with Crippen LogP contribution in [0.5, 0.6) is 0 Å². The minimum Gasteiger partial charge on any atom is -0.309 e. The van der Waals surface area contributed by atoms with Gasteiger partial charge in [0.25, 0.3) is 0 Å². The van der Waals surface area contributed by atoms with Crippen LogP contribution in [-0.4, -0.2) is 4.57 Å². The van der Waals surface area contributed by atoms with Crippen LogP contribution in [-0.2, 0) is 0 Å². The Labute approximate surface area is 188 Å². The first-order valence-corrected chi connectivity index (χ1v) is 11.1. The SMILES string of the molecule is Cc1c(-c2ccccc2)cccc1-c1cccc2c3ccccc3n(-c3ccccc3)c12. The zero-order valence-corrected chi connectivity index (χ0v) is 18.0. The Bertz CT molecular complexity index is 1560. The zero-order chi connectivity index (χ0) is 21.5. The number of benzene rings is 5. The molecule has 0 saturated carbocycles. The average molecular weight is 410 g/mol. The molecule has 0 atom stereocenters. The molecule has 0 amide bonds. The lowest BCUT2D eigenvalue weighted by molar-refractivity contribution is 1.18. The van der Waals surface area contributed by atoms with Crippen LogP contribution < -0.4 is 0 Å². The molecule has 32 heavy (non-hydrogen) atoms. The molecule has 1 heterocycles. The third kappa shape index (κ3) is 2.86. The fourth-order valence-corrected chi connectivity index (χ4v) is 4.94. The van der Waals surface area contributed by atoms with E-state index in [-0.39, 0.29) is 0 Å². The van der Waals surface area contributed by atoms with Crippen molar-refractivity contribution in [3.05, 3.63) is 127 Å². The number of nitrogens with zero attached hydrogens (tertiary/aromatic N) is 1. The number of aromatic nitrogens is 1. The molecule has 6 aromatic rings.